The summed E-state index contributed by atoms with van der Waals surface area (Å²) in [5, 5.41) is 1.93. The zero-order valence-corrected chi connectivity index (χ0v) is 15.1. The predicted molar refractivity (Wildman–Crippen MR) is 97.0 cm³/mol. The molecule has 2 aromatic carbocycles. The summed E-state index contributed by atoms with van der Waals surface area (Å²) in [7, 11) is 0. The first kappa shape index (κ1) is 18.7. The highest BCUT2D eigenvalue weighted by Gasteiger charge is 2.30. The average molecular weight is 367 g/mol. The second-order valence-corrected chi connectivity index (χ2v) is 7.00. The first-order chi connectivity index (χ1) is 11.3. The summed E-state index contributed by atoms with van der Waals surface area (Å²) >= 11 is 11.9. The van der Waals surface area contributed by atoms with Crippen LogP contribution in [0.5, 0.6) is 0 Å². The minimum absolute atomic E-state index is 0.290. The minimum Gasteiger partial charge on any atom is -0.374 e. The van der Waals surface area contributed by atoms with Crippen LogP contribution in [-0.2, 0) is 11.3 Å². The lowest BCUT2D eigenvalue weighted by molar-refractivity contribution is 0.00649. The lowest BCUT2D eigenvalue weighted by atomic mass is 10.0. The van der Waals surface area contributed by atoms with Gasteiger partial charge in [-0.25, -0.2) is 5.84 Å². The summed E-state index contributed by atoms with van der Waals surface area (Å²) in [5.74, 6) is 5.66. The number of carbonyl (C=O) groups excluding carboxylic acids is 1. The van der Waals surface area contributed by atoms with Crippen molar-refractivity contribution in [2.45, 2.75) is 26.0 Å². The molecule has 0 atom stereocenters. The molecule has 2 N–H and O–H groups in total. The Kier molecular flexibility index (Phi) is 6.24. The molecular weight excluding hydrogens is 347 g/mol. The number of nitrogens with two attached hydrogens (primary N) is 1. The van der Waals surface area contributed by atoms with Crippen molar-refractivity contribution in [2.75, 3.05) is 6.61 Å². The molecule has 0 aliphatic rings. The Bertz CT molecular complexity index is 685. The van der Waals surface area contributed by atoms with E-state index in [2.05, 4.69) is 0 Å². The van der Waals surface area contributed by atoms with Crippen molar-refractivity contribution in [3.8, 4) is 0 Å². The van der Waals surface area contributed by atoms with E-state index < -0.39 is 5.54 Å². The maximum Gasteiger partial charge on any atom is 0.268 e. The van der Waals surface area contributed by atoms with Gasteiger partial charge in [0.1, 0.15) is 0 Å². The van der Waals surface area contributed by atoms with Gasteiger partial charge in [-0.1, -0.05) is 53.5 Å². The molecule has 0 aromatic heterocycles. The Hall–Kier alpha value is -1.59. The molecule has 0 aliphatic carbocycles. The molecule has 0 aliphatic heterocycles. The highest BCUT2D eigenvalue weighted by Crippen LogP contribution is 2.22. The molecule has 0 saturated heterocycles. The van der Waals surface area contributed by atoms with Crippen molar-refractivity contribution >= 4 is 29.1 Å². The van der Waals surface area contributed by atoms with Crippen LogP contribution in [-0.4, -0.2) is 23.1 Å². The zero-order valence-electron chi connectivity index (χ0n) is 13.6. The lowest BCUT2D eigenvalue weighted by Crippen LogP contribution is -2.54. The number of halogens is 2. The van der Waals surface area contributed by atoms with Gasteiger partial charge in [0, 0.05) is 15.6 Å². The number of hydrazine groups is 1. The van der Waals surface area contributed by atoms with E-state index in [0.717, 1.165) is 10.6 Å². The molecule has 2 aromatic rings. The molecule has 0 heterocycles. The number of hydrogen-bond donors (Lipinski definition) is 1. The van der Waals surface area contributed by atoms with E-state index >= 15 is 0 Å². The number of amides is 1. The normalized spacial score (nSPS) is 11.4. The smallest absolute Gasteiger partial charge is 0.268 e. The van der Waals surface area contributed by atoms with E-state index in [4.69, 9.17) is 33.8 Å². The highest BCUT2D eigenvalue weighted by molar-refractivity contribution is 6.35. The SMILES string of the molecule is CC(C)(COCc1ccccc1)N(N)C(=O)c1cc(Cl)cc(Cl)c1. The van der Waals surface area contributed by atoms with Crippen LogP contribution in [0.15, 0.2) is 48.5 Å². The fraction of sp³-hybridized carbons (Fsp3) is 0.278. The van der Waals surface area contributed by atoms with Crippen LogP contribution in [0.2, 0.25) is 10.0 Å². The Morgan fingerprint density at radius 3 is 2.29 bits per heavy atom. The largest absolute Gasteiger partial charge is 0.374 e. The van der Waals surface area contributed by atoms with E-state index in [1.165, 1.54) is 12.1 Å². The van der Waals surface area contributed by atoms with Crippen molar-refractivity contribution in [3.63, 3.8) is 0 Å². The first-order valence-electron chi connectivity index (χ1n) is 7.46. The highest BCUT2D eigenvalue weighted by atomic mass is 35.5. The van der Waals surface area contributed by atoms with Crippen LogP contribution in [0.4, 0.5) is 0 Å². The van der Waals surface area contributed by atoms with Crippen molar-refractivity contribution in [1.29, 1.82) is 0 Å². The Morgan fingerprint density at radius 2 is 1.71 bits per heavy atom. The zero-order chi connectivity index (χ0) is 17.7. The van der Waals surface area contributed by atoms with Gasteiger partial charge < -0.3 is 4.74 Å². The van der Waals surface area contributed by atoms with Crippen molar-refractivity contribution < 1.29 is 9.53 Å². The summed E-state index contributed by atoms with van der Waals surface area (Å²) in [5.41, 5.74) is 0.705. The van der Waals surface area contributed by atoms with Gasteiger partial charge in [-0.2, -0.15) is 0 Å². The fourth-order valence-electron chi connectivity index (χ4n) is 2.15. The second kappa shape index (κ2) is 7.99. The van der Waals surface area contributed by atoms with Crippen LogP contribution in [0.25, 0.3) is 0 Å². The molecule has 0 fully saturated rings. The standard InChI is InChI=1S/C18H20Cl2N2O2/c1-18(2,12-24-11-13-6-4-3-5-7-13)22(21)17(23)14-8-15(19)10-16(20)9-14/h3-10H,11-12,21H2,1-2H3. The quantitative estimate of drug-likeness (QED) is 0.470. The number of hydrogen-bond acceptors (Lipinski definition) is 3. The van der Waals surface area contributed by atoms with Gasteiger partial charge in [-0.15, -0.1) is 0 Å². The van der Waals surface area contributed by atoms with Gasteiger partial charge in [0.2, 0.25) is 0 Å². The predicted octanol–water partition coefficient (Wildman–Crippen LogP) is 4.30. The third-order valence-electron chi connectivity index (χ3n) is 3.55. The van der Waals surface area contributed by atoms with Crippen LogP contribution in [0.1, 0.15) is 29.8 Å². The third-order valence-corrected chi connectivity index (χ3v) is 3.98. The molecule has 24 heavy (non-hydrogen) atoms. The van der Waals surface area contributed by atoms with E-state index in [1.54, 1.807) is 6.07 Å². The Balaban J connectivity index is 2.00. The molecule has 128 valence electrons. The van der Waals surface area contributed by atoms with Crippen molar-refractivity contribution in [3.05, 3.63) is 69.7 Å². The molecule has 2 rings (SSSR count). The van der Waals surface area contributed by atoms with Crippen LogP contribution < -0.4 is 5.84 Å². The second-order valence-electron chi connectivity index (χ2n) is 6.12. The average Bonchev–Trinajstić information content (AvgIpc) is 2.53. The molecule has 4 nitrogen and oxygen atoms in total. The maximum atomic E-state index is 12.6. The molecule has 0 bridgehead atoms. The van der Waals surface area contributed by atoms with Gasteiger partial charge in [0.15, 0.2) is 0 Å². The van der Waals surface area contributed by atoms with Crippen molar-refractivity contribution in [2.24, 2.45) is 5.84 Å². The summed E-state index contributed by atoms with van der Waals surface area (Å²) < 4.78 is 5.71. The molecule has 0 spiro atoms. The maximum absolute atomic E-state index is 12.6. The molecule has 0 radical (unpaired) electrons. The summed E-state index contributed by atoms with van der Waals surface area (Å²) in [6.07, 6.45) is 0. The van der Waals surface area contributed by atoms with Crippen LogP contribution >= 0.6 is 23.2 Å². The van der Waals surface area contributed by atoms with E-state index in [9.17, 15) is 4.79 Å². The van der Waals surface area contributed by atoms with Crippen LogP contribution in [0.3, 0.4) is 0 Å². The number of benzene rings is 2. The van der Waals surface area contributed by atoms with Gasteiger partial charge in [-0.3, -0.25) is 9.80 Å². The number of carbonyl (C=O) groups is 1. The molecule has 0 unspecified atom stereocenters. The number of rotatable bonds is 6. The molecule has 0 saturated carbocycles. The lowest BCUT2D eigenvalue weighted by Gasteiger charge is -2.34. The Labute approximate surface area is 152 Å². The van der Waals surface area contributed by atoms with Gasteiger partial charge in [0.25, 0.3) is 5.91 Å². The summed E-state index contributed by atoms with van der Waals surface area (Å²) in [6.45, 7) is 4.41. The van der Waals surface area contributed by atoms with Gasteiger partial charge in [0.05, 0.1) is 18.8 Å². The molecule has 1 amide bonds. The minimum atomic E-state index is -0.694. The topological polar surface area (TPSA) is 55.6 Å². The van der Waals surface area contributed by atoms with E-state index in [-0.39, 0.29) is 5.91 Å². The number of ether oxygens (including phenoxy) is 1. The monoisotopic (exact) mass is 366 g/mol. The van der Waals surface area contributed by atoms with Gasteiger partial charge >= 0.3 is 0 Å². The molecule has 6 heteroatoms. The first-order valence-corrected chi connectivity index (χ1v) is 8.22. The molecular formula is C18H20Cl2N2O2. The van der Waals surface area contributed by atoms with Gasteiger partial charge in [-0.05, 0) is 37.6 Å². The van der Waals surface area contributed by atoms with E-state index in [0.29, 0.717) is 28.8 Å². The van der Waals surface area contributed by atoms with E-state index in [1.807, 2.05) is 44.2 Å². The van der Waals surface area contributed by atoms with Crippen LogP contribution in [0, 0.1) is 0 Å². The summed E-state index contributed by atoms with van der Waals surface area (Å²) in [4.78, 5) is 12.6. The van der Waals surface area contributed by atoms with Crippen molar-refractivity contribution in [1.82, 2.24) is 5.01 Å². The third kappa shape index (κ3) is 4.95. The fourth-order valence-corrected chi connectivity index (χ4v) is 2.68. The summed E-state index contributed by atoms with van der Waals surface area (Å²) in [6, 6.07) is 14.4. The Morgan fingerprint density at radius 1 is 1.12 bits per heavy atom. The number of nitrogens with zero attached hydrogens (tertiary/aromatic N) is 1.